The first-order valence-corrected chi connectivity index (χ1v) is 5.78. The maximum Gasteiger partial charge on any atom is 0.233 e. The van der Waals surface area contributed by atoms with Crippen LogP contribution in [0.4, 0.5) is 11.1 Å². The Morgan fingerprint density at radius 2 is 2.21 bits per heavy atom. The van der Waals surface area contributed by atoms with E-state index in [0.29, 0.717) is 5.95 Å². The van der Waals surface area contributed by atoms with E-state index in [1.165, 1.54) is 18.0 Å². The largest absolute Gasteiger partial charge is 0.367 e. The van der Waals surface area contributed by atoms with Gasteiger partial charge in [-0.15, -0.1) is 0 Å². The van der Waals surface area contributed by atoms with E-state index in [9.17, 15) is 0 Å². The number of aromatic nitrogens is 2. The number of hydrogen-bond donors (Lipinski definition) is 1. The average Bonchev–Trinajstić information content (AvgIpc) is 2.57. The first-order chi connectivity index (χ1) is 6.66. The van der Waals surface area contributed by atoms with Gasteiger partial charge in [0.05, 0.1) is 0 Å². The number of nitrogens with two attached hydrogens (primary N) is 1. The van der Waals surface area contributed by atoms with Crippen molar-refractivity contribution in [1.29, 1.82) is 0 Å². The van der Waals surface area contributed by atoms with E-state index in [0.717, 1.165) is 30.1 Å². The van der Waals surface area contributed by atoms with Gasteiger partial charge in [0.2, 0.25) is 11.1 Å². The fraction of sp³-hybridized carbons (Fsp3) is 0.778. The summed E-state index contributed by atoms with van der Waals surface area (Å²) in [6.45, 7) is 6.77. The minimum Gasteiger partial charge on any atom is -0.367 e. The highest BCUT2D eigenvalue weighted by atomic mass is 32.1. The maximum atomic E-state index is 5.51. The number of nitrogen functional groups attached to an aromatic ring is 1. The molecule has 0 saturated carbocycles. The van der Waals surface area contributed by atoms with Crippen LogP contribution in [0.25, 0.3) is 0 Å². The van der Waals surface area contributed by atoms with E-state index in [1.807, 2.05) is 0 Å². The molecule has 0 radical (unpaired) electrons. The van der Waals surface area contributed by atoms with Gasteiger partial charge < -0.3 is 10.6 Å². The molecule has 78 valence electrons. The van der Waals surface area contributed by atoms with Crippen molar-refractivity contribution in [2.45, 2.75) is 20.3 Å². The molecule has 2 rings (SSSR count). The van der Waals surface area contributed by atoms with Crippen molar-refractivity contribution in [3.63, 3.8) is 0 Å². The third-order valence-corrected chi connectivity index (χ3v) is 3.83. The molecular weight excluding hydrogens is 196 g/mol. The van der Waals surface area contributed by atoms with Crippen LogP contribution in [0.5, 0.6) is 0 Å². The summed E-state index contributed by atoms with van der Waals surface area (Å²) in [4.78, 5) is 6.50. The van der Waals surface area contributed by atoms with Crippen molar-refractivity contribution in [2.75, 3.05) is 23.7 Å². The summed E-state index contributed by atoms with van der Waals surface area (Å²) < 4.78 is 4.00. The Bertz CT molecular complexity index is 312. The number of hydrogen-bond acceptors (Lipinski definition) is 5. The van der Waals surface area contributed by atoms with Crippen LogP contribution < -0.4 is 10.6 Å². The summed E-state index contributed by atoms with van der Waals surface area (Å²) >= 11 is 1.40. The van der Waals surface area contributed by atoms with Crippen LogP contribution in [0, 0.1) is 11.8 Å². The Labute approximate surface area is 88.3 Å². The molecule has 4 nitrogen and oxygen atoms in total. The monoisotopic (exact) mass is 212 g/mol. The number of nitrogens with zero attached hydrogens (tertiary/aromatic N) is 3. The average molecular weight is 212 g/mol. The lowest BCUT2D eigenvalue weighted by molar-refractivity contribution is 0.324. The maximum absolute atomic E-state index is 5.51. The van der Waals surface area contributed by atoms with E-state index in [-0.39, 0.29) is 0 Å². The molecule has 1 aliphatic heterocycles. The molecule has 2 atom stereocenters. The Kier molecular flexibility index (Phi) is 2.58. The molecule has 2 heterocycles. The quantitative estimate of drug-likeness (QED) is 0.768. The van der Waals surface area contributed by atoms with Crippen molar-refractivity contribution in [1.82, 2.24) is 9.36 Å². The number of anilines is 2. The fourth-order valence-electron chi connectivity index (χ4n) is 1.79. The minimum absolute atomic E-state index is 0.399. The molecule has 0 amide bonds. The van der Waals surface area contributed by atoms with Crippen molar-refractivity contribution in [3.05, 3.63) is 0 Å². The summed E-state index contributed by atoms with van der Waals surface area (Å²) in [6.07, 6.45) is 1.24. The zero-order chi connectivity index (χ0) is 10.1. The second-order valence-electron chi connectivity index (χ2n) is 4.12. The van der Waals surface area contributed by atoms with Crippen molar-refractivity contribution in [3.8, 4) is 0 Å². The highest BCUT2D eigenvalue weighted by Gasteiger charge is 2.24. The number of rotatable bonds is 1. The summed E-state index contributed by atoms with van der Waals surface area (Å²) in [5, 5.41) is 0.973. The standard InChI is InChI=1S/C9H16N4S/c1-6-3-4-13(5-7(6)2)9-11-8(10)12-14-9/h6-7H,3-5H2,1-2H3,(H2,10,12). The van der Waals surface area contributed by atoms with Gasteiger partial charge in [-0.3, -0.25) is 0 Å². The Balaban J connectivity index is 2.06. The van der Waals surface area contributed by atoms with E-state index in [2.05, 4.69) is 28.1 Å². The molecule has 0 spiro atoms. The van der Waals surface area contributed by atoms with E-state index < -0.39 is 0 Å². The van der Waals surface area contributed by atoms with E-state index in [1.54, 1.807) is 0 Å². The van der Waals surface area contributed by atoms with Gasteiger partial charge in [0.25, 0.3) is 0 Å². The van der Waals surface area contributed by atoms with Gasteiger partial charge in [-0.05, 0) is 18.3 Å². The van der Waals surface area contributed by atoms with E-state index in [4.69, 9.17) is 5.73 Å². The molecule has 1 saturated heterocycles. The van der Waals surface area contributed by atoms with Crippen molar-refractivity contribution < 1.29 is 0 Å². The molecule has 2 N–H and O–H groups in total. The lowest BCUT2D eigenvalue weighted by Crippen LogP contribution is -2.38. The Hall–Kier alpha value is -0.840. The van der Waals surface area contributed by atoms with Gasteiger partial charge in [0, 0.05) is 24.6 Å². The van der Waals surface area contributed by atoms with Gasteiger partial charge in [0.15, 0.2) is 0 Å². The van der Waals surface area contributed by atoms with Crippen LogP contribution in [0.3, 0.4) is 0 Å². The predicted molar refractivity (Wildman–Crippen MR) is 59.5 cm³/mol. The second-order valence-corrected chi connectivity index (χ2v) is 4.85. The van der Waals surface area contributed by atoms with Crippen LogP contribution >= 0.6 is 11.5 Å². The molecule has 14 heavy (non-hydrogen) atoms. The minimum atomic E-state index is 0.399. The molecule has 2 unspecified atom stereocenters. The topological polar surface area (TPSA) is 55.0 Å². The molecule has 0 aliphatic carbocycles. The first-order valence-electron chi connectivity index (χ1n) is 5.01. The predicted octanol–water partition coefficient (Wildman–Crippen LogP) is 1.60. The van der Waals surface area contributed by atoms with Gasteiger partial charge >= 0.3 is 0 Å². The van der Waals surface area contributed by atoms with Gasteiger partial charge in [-0.25, -0.2) is 0 Å². The van der Waals surface area contributed by atoms with Crippen molar-refractivity contribution in [2.24, 2.45) is 11.8 Å². The molecule has 0 aromatic carbocycles. The normalized spacial score (nSPS) is 28.0. The highest BCUT2D eigenvalue weighted by Crippen LogP contribution is 2.28. The molecule has 1 aromatic heterocycles. The molecular formula is C9H16N4S. The first kappa shape index (κ1) is 9.71. The van der Waals surface area contributed by atoms with Crippen LogP contribution in [0.15, 0.2) is 0 Å². The Morgan fingerprint density at radius 3 is 2.79 bits per heavy atom. The molecule has 0 bridgehead atoms. The van der Waals surface area contributed by atoms with Crippen LogP contribution in [-0.2, 0) is 0 Å². The third-order valence-electron chi connectivity index (χ3n) is 3.04. The van der Waals surface area contributed by atoms with E-state index >= 15 is 0 Å². The lowest BCUT2D eigenvalue weighted by atomic mass is 9.89. The smallest absolute Gasteiger partial charge is 0.233 e. The molecule has 1 aliphatic rings. The van der Waals surface area contributed by atoms with Crippen LogP contribution in [0.2, 0.25) is 0 Å². The SMILES string of the molecule is CC1CCN(c2nc(N)ns2)CC1C. The summed E-state index contributed by atoms with van der Waals surface area (Å²) in [7, 11) is 0. The zero-order valence-electron chi connectivity index (χ0n) is 8.60. The lowest BCUT2D eigenvalue weighted by Gasteiger charge is -2.34. The molecule has 1 fully saturated rings. The second kappa shape index (κ2) is 3.73. The van der Waals surface area contributed by atoms with Crippen LogP contribution in [0.1, 0.15) is 20.3 Å². The summed E-state index contributed by atoms with van der Waals surface area (Å²) in [5.41, 5.74) is 5.51. The van der Waals surface area contributed by atoms with Gasteiger partial charge in [-0.1, -0.05) is 13.8 Å². The third kappa shape index (κ3) is 1.82. The Morgan fingerprint density at radius 1 is 1.43 bits per heavy atom. The molecule has 1 aromatic rings. The summed E-state index contributed by atoms with van der Waals surface area (Å²) in [6, 6.07) is 0. The van der Waals surface area contributed by atoms with Gasteiger partial charge in [-0.2, -0.15) is 9.36 Å². The number of piperidine rings is 1. The zero-order valence-corrected chi connectivity index (χ0v) is 9.42. The van der Waals surface area contributed by atoms with Crippen molar-refractivity contribution >= 4 is 22.6 Å². The molecule has 5 heteroatoms. The highest BCUT2D eigenvalue weighted by molar-refractivity contribution is 7.09. The van der Waals surface area contributed by atoms with Gasteiger partial charge in [0.1, 0.15) is 0 Å². The summed E-state index contributed by atoms with van der Waals surface area (Å²) in [5.74, 6) is 1.95. The fourth-order valence-corrected chi connectivity index (χ4v) is 2.42. The van der Waals surface area contributed by atoms with Crippen LogP contribution in [-0.4, -0.2) is 22.4 Å².